The highest BCUT2D eigenvalue weighted by Gasteiger charge is 2.32. The van der Waals surface area contributed by atoms with Crippen LogP contribution >= 0.6 is 0 Å². The molecule has 0 aromatic carbocycles. The highest BCUT2D eigenvalue weighted by molar-refractivity contribution is 5.80. The zero-order chi connectivity index (χ0) is 13.1. The lowest BCUT2D eigenvalue weighted by molar-refractivity contribution is -0.146. The molecule has 1 saturated carbocycles. The first-order valence-electron chi connectivity index (χ1n) is 6.80. The van der Waals surface area contributed by atoms with Crippen molar-refractivity contribution in [1.82, 2.24) is 10.2 Å². The molecule has 1 saturated heterocycles. The van der Waals surface area contributed by atoms with E-state index in [1.165, 1.54) is 12.8 Å². The number of aliphatic carboxylic acids is 1. The van der Waals surface area contributed by atoms with Crippen LogP contribution in [0, 0.1) is 11.8 Å². The largest absolute Gasteiger partial charge is 0.480 e. The summed E-state index contributed by atoms with van der Waals surface area (Å²) in [6, 6.07) is -0.500. The van der Waals surface area contributed by atoms with Gasteiger partial charge < -0.3 is 10.4 Å². The summed E-state index contributed by atoms with van der Waals surface area (Å²) in [5.74, 6) is 0.238. The predicted molar refractivity (Wildman–Crippen MR) is 67.1 cm³/mol. The topological polar surface area (TPSA) is 69.6 Å². The Morgan fingerprint density at radius 3 is 2.67 bits per heavy atom. The Morgan fingerprint density at radius 2 is 2.06 bits per heavy atom. The molecule has 0 spiro atoms. The molecule has 102 valence electrons. The van der Waals surface area contributed by atoms with Crippen LogP contribution in [0.1, 0.15) is 32.6 Å². The van der Waals surface area contributed by atoms with Gasteiger partial charge in [-0.3, -0.25) is 14.5 Å². The van der Waals surface area contributed by atoms with Crippen molar-refractivity contribution >= 4 is 11.9 Å². The third-order valence-electron chi connectivity index (χ3n) is 3.89. The number of carbonyl (C=O) groups is 2. The molecular weight excluding hydrogens is 232 g/mol. The monoisotopic (exact) mass is 254 g/mol. The normalized spacial score (nSPS) is 28.9. The summed E-state index contributed by atoms with van der Waals surface area (Å²) in [6.45, 7) is 3.74. The standard InChI is InChI=1S/C13H22N2O3/c1-9-4-5-15(11(6-9)13(17)18)8-12(16)14-7-10-2-3-10/h9-11H,2-8H2,1H3,(H,14,16)(H,17,18). The van der Waals surface area contributed by atoms with E-state index in [1.54, 1.807) is 4.90 Å². The molecular formula is C13H22N2O3. The number of nitrogens with one attached hydrogen (secondary N) is 1. The molecule has 0 bridgehead atoms. The summed E-state index contributed by atoms with van der Waals surface area (Å²) in [4.78, 5) is 24.7. The van der Waals surface area contributed by atoms with Crippen LogP contribution in [0.2, 0.25) is 0 Å². The van der Waals surface area contributed by atoms with E-state index < -0.39 is 12.0 Å². The predicted octanol–water partition coefficient (Wildman–Crippen LogP) is 0.698. The van der Waals surface area contributed by atoms with Crippen LogP contribution in [0.4, 0.5) is 0 Å². The summed E-state index contributed by atoms with van der Waals surface area (Å²) in [5, 5.41) is 12.1. The zero-order valence-electron chi connectivity index (χ0n) is 10.9. The Hall–Kier alpha value is -1.10. The number of likely N-dealkylation sites (tertiary alicyclic amines) is 1. The van der Waals surface area contributed by atoms with Crippen LogP contribution in [-0.4, -0.2) is 47.6 Å². The highest BCUT2D eigenvalue weighted by atomic mass is 16.4. The lowest BCUT2D eigenvalue weighted by atomic mass is 9.92. The third-order valence-corrected chi connectivity index (χ3v) is 3.89. The number of nitrogens with zero attached hydrogens (tertiary/aromatic N) is 1. The maximum Gasteiger partial charge on any atom is 0.320 e. The molecule has 18 heavy (non-hydrogen) atoms. The van der Waals surface area contributed by atoms with E-state index in [1.807, 2.05) is 0 Å². The Bertz CT molecular complexity index is 328. The molecule has 1 aliphatic heterocycles. The summed E-state index contributed by atoms with van der Waals surface area (Å²) in [5.41, 5.74) is 0. The first-order valence-corrected chi connectivity index (χ1v) is 6.80. The molecule has 0 aromatic heterocycles. The van der Waals surface area contributed by atoms with Gasteiger partial charge in [0, 0.05) is 6.54 Å². The van der Waals surface area contributed by atoms with Gasteiger partial charge in [-0.15, -0.1) is 0 Å². The number of amides is 1. The molecule has 2 fully saturated rings. The van der Waals surface area contributed by atoms with Crippen LogP contribution in [0.25, 0.3) is 0 Å². The molecule has 2 unspecified atom stereocenters. The Balaban J connectivity index is 1.81. The average Bonchev–Trinajstić information content (AvgIpc) is 3.12. The first-order chi connectivity index (χ1) is 8.56. The van der Waals surface area contributed by atoms with Gasteiger partial charge in [-0.05, 0) is 44.1 Å². The second-order valence-corrected chi connectivity index (χ2v) is 5.70. The van der Waals surface area contributed by atoms with Crippen molar-refractivity contribution in [3.05, 3.63) is 0 Å². The number of carboxylic acids is 1. The lowest BCUT2D eigenvalue weighted by Gasteiger charge is -2.35. The Labute approximate surface area is 108 Å². The summed E-state index contributed by atoms with van der Waals surface area (Å²) < 4.78 is 0. The second kappa shape index (κ2) is 5.69. The number of rotatable bonds is 5. The van der Waals surface area contributed by atoms with Gasteiger partial charge in [-0.2, -0.15) is 0 Å². The smallest absolute Gasteiger partial charge is 0.320 e. The van der Waals surface area contributed by atoms with E-state index in [4.69, 9.17) is 0 Å². The number of piperidine rings is 1. The van der Waals surface area contributed by atoms with Gasteiger partial charge in [0.25, 0.3) is 0 Å². The van der Waals surface area contributed by atoms with Gasteiger partial charge >= 0.3 is 5.97 Å². The molecule has 0 aromatic rings. The molecule has 1 heterocycles. The lowest BCUT2D eigenvalue weighted by Crippen LogP contribution is -2.50. The molecule has 5 heteroatoms. The number of carbonyl (C=O) groups excluding carboxylic acids is 1. The van der Waals surface area contributed by atoms with Gasteiger partial charge in [-0.1, -0.05) is 6.92 Å². The first kappa shape index (κ1) is 13.3. The molecule has 2 aliphatic rings. The van der Waals surface area contributed by atoms with E-state index in [-0.39, 0.29) is 12.5 Å². The van der Waals surface area contributed by atoms with Crippen LogP contribution in [0.15, 0.2) is 0 Å². The van der Waals surface area contributed by atoms with Gasteiger partial charge in [0.05, 0.1) is 6.54 Å². The molecule has 1 aliphatic carbocycles. The van der Waals surface area contributed by atoms with Crippen LogP contribution in [-0.2, 0) is 9.59 Å². The van der Waals surface area contributed by atoms with Crippen LogP contribution < -0.4 is 5.32 Å². The van der Waals surface area contributed by atoms with E-state index in [0.717, 1.165) is 13.0 Å². The zero-order valence-corrected chi connectivity index (χ0v) is 10.9. The van der Waals surface area contributed by atoms with Crippen molar-refractivity contribution < 1.29 is 14.7 Å². The van der Waals surface area contributed by atoms with Gasteiger partial charge in [-0.25, -0.2) is 0 Å². The fourth-order valence-corrected chi connectivity index (χ4v) is 2.46. The molecule has 5 nitrogen and oxygen atoms in total. The molecule has 2 rings (SSSR count). The fourth-order valence-electron chi connectivity index (χ4n) is 2.46. The summed E-state index contributed by atoms with van der Waals surface area (Å²) >= 11 is 0. The minimum absolute atomic E-state index is 0.0392. The molecule has 2 atom stereocenters. The summed E-state index contributed by atoms with van der Waals surface area (Å²) in [6.07, 6.45) is 4.03. The van der Waals surface area contributed by atoms with Gasteiger partial charge in [0.2, 0.25) is 5.91 Å². The number of hydrogen-bond acceptors (Lipinski definition) is 3. The van der Waals surface area contributed by atoms with Crippen molar-refractivity contribution in [2.24, 2.45) is 11.8 Å². The SMILES string of the molecule is CC1CCN(CC(=O)NCC2CC2)C(C(=O)O)C1. The van der Waals surface area contributed by atoms with E-state index in [2.05, 4.69) is 12.2 Å². The fraction of sp³-hybridized carbons (Fsp3) is 0.846. The van der Waals surface area contributed by atoms with Crippen molar-refractivity contribution in [2.75, 3.05) is 19.6 Å². The van der Waals surface area contributed by atoms with Crippen molar-refractivity contribution in [2.45, 2.75) is 38.6 Å². The second-order valence-electron chi connectivity index (χ2n) is 5.70. The van der Waals surface area contributed by atoms with Crippen LogP contribution in [0.3, 0.4) is 0 Å². The Morgan fingerprint density at radius 1 is 1.33 bits per heavy atom. The highest BCUT2D eigenvalue weighted by Crippen LogP contribution is 2.27. The van der Waals surface area contributed by atoms with E-state index in [9.17, 15) is 14.7 Å². The van der Waals surface area contributed by atoms with Crippen molar-refractivity contribution in [3.8, 4) is 0 Å². The average molecular weight is 254 g/mol. The summed E-state index contributed by atoms with van der Waals surface area (Å²) in [7, 11) is 0. The quantitative estimate of drug-likeness (QED) is 0.757. The Kier molecular flexibility index (Phi) is 4.22. The maximum absolute atomic E-state index is 11.7. The minimum Gasteiger partial charge on any atom is -0.480 e. The van der Waals surface area contributed by atoms with Gasteiger partial charge in [0.15, 0.2) is 0 Å². The maximum atomic E-state index is 11.7. The molecule has 1 amide bonds. The van der Waals surface area contributed by atoms with Gasteiger partial charge in [0.1, 0.15) is 6.04 Å². The number of hydrogen-bond donors (Lipinski definition) is 2. The number of carboxylic acid groups (broad SMARTS) is 1. The molecule has 0 radical (unpaired) electrons. The van der Waals surface area contributed by atoms with E-state index in [0.29, 0.717) is 24.8 Å². The van der Waals surface area contributed by atoms with Crippen LogP contribution in [0.5, 0.6) is 0 Å². The molecule has 2 N–H and O–H groups in total. The third kappa shape index (κ3) is 3.70. The minimum atomic E-state index is -0.809. The van der Waals surface area contributed by atoms with E-state index >= 15 is 0 Å². The van der Waals surface area contributed by atoms with Crippen molar-refractivity contribution in [3.63, 3.8) is 0 Å². The van der Waals surface area contributed by atoms with Crippen molar-refractivity contribution in [1.29, 1.82) is 0 Å².